The molecule has 1 saturated heterocycles. The third kappa shape index (κ3) is 5.12. The number of hydrogen-bond acceptors (Lipinski definition) is 3. The molecule has 0 aromatic heterocycles. The fraction of sp³-hybridized carbons (Fsp3) is 0.875. The summed E-state index contributed by atoms with van der Waals surface area (Å²) in [5, 5.41) is 0.897. The van der Waals surface area contributed by atoms with Gasteiger partial charge in [0.25, 0.3) is 0 Å². The summed E-state index contributed by atoms with van der Waals surface area (Å²) in [6.45, 7) is 0.645. The zero-order valence-corrected chi connectivity index (χ0v) is 13.3. The Morgan fingerprint density at radius 3 is 2.30 bits per heavy atom. The number of carbonyl (C=O) groups excluding carboxylic acids is 2. The minimum absolute atomic E-state index is 0.0397. The fourth-order valence-electron chi connectivity index (χ4n) is 3.08. The molecule has 2 amide bonds. The van der Waals surface area contributed by atoms with Gasteiger partial charge in [-0.05, 0) is 37.9 Å². The topological polar surface area (TPSA) is 37.4 Å². The summed E-state index contributed by atoms with van der Waals surface area (Å²) in [6, 6.07) is 0. The monoisotopic (exact) mass is 297 g/mol. The number of rotatable bonds is 7. The Kier molecular flexibility index (Phi) is 6.91. The van der Waals surface area contributed by atoms with E-state index in [0.717, 1.165) is 24.5 Å². The maximum atomic E-state index is 11.6. The number of nitrogens with zero attached hydrogens (tertiary/aromatic N) is 1. The van der Waals surface area contributed by atoms with Gasteiger partial charge < -0.3 is 0 Å². The van der Waals surface area contributed by atoms with Gasteiger partial charge in [0.05, 0.1) is 0 Å². The molecule has 0 unspecified atom stereocenters. The largest absolute Gasteiger partial charge is 0.283 e. The first kappa shape index (κ1) is 15.9. The second kappa shape index (κ2) is 8.71. The van der Waals surface area contributed by atoms with Crippen molar-refractivity contribution in [2.75, 3.05) is 12.3 Å². The van der Waals surface area contributed by atoms with Crippen molar-refractivity contribution in [3.63, 3.8) is 0 Å². The number of piperidine rings is 1. The second-order valence-electron chi connectivity index (χ2n) is 5.98. The molecule has 0 aromatic carbocycles. The van der Waals surface area contributed by atoms with Gasteiger partial charge in [0.2, 0.25) is 11.8 Å². The smallest absolute Gasteiger partial charge is 0.229 e. The van der Waals surface area contributed by atoms with Gasteiger partial charge in [-0.3, -0.25) is 14.5 Å². The number of unbranched alkanes of at least 4 members (excludes halogenated alkanes) is 2. The zero-order valence-electron chi connectivity index (χ0n) is 12.4. The second-order valence-corrected chi connectivity index (χ2v) is 7.39. The van der Waals surface area contributed by atoms with Crippen LogP contribution in [0.4, 0.5) is 0 Å². The van der Waals surface area contributed by atoms with Crippen molar-refractivity contribution < 1.29 is 9.59 Å². The minimum Gasteiger partial charge on any atom is -0.283 e. The van der Waals surface area contributed by atoms with Crippen LogP contribution in [0.15, 0.2) is 0 Å². The van der Waals surface area contributed by atoms with Gasteiger partial charge >= 0.3 is 0 Å². The summed E-state index contributed by atoms with van der Waals surface area (Å²) in [6.07, 6.45) is 12.3. The summed E-state index contributed by atoms with van der Waals surface area (Å²) in [7, 11) is 0. The van der Waals surface area contributed by atoms with Gasteiger partial charge in [-0.15, -0.1) is 0 Å². The van der Waals surface area contributed by atoms with Crippen molar-refractivity contribution in [2.24, 2.45) is 0 Å². The van der Waals surface area contributed by atoms with E-state index in [-0.39, 0.29) is 11.8 Å². The number of thioether (sulfide) groups is 1. The quantitative estimate of drug-likeness (QED) is 0.530. The van der Waals surface area contributed by atoms with E-state index in [0.29, 0.717) is 19.4 Å². The highest BCUT2D eigenvalue weighted by Gasteiger charge is 2.24. The first-order valence-electron chi connectivity index (χ1n) is 8.22. The number of carbonyl (C=O) groups is 2. The van der Waals surface area contributed by atoms with Crippen LogP contribution >= 0.6 is 11.8 Å². The molecule has 1 aliphatic carbocycles. The van der Waals surface area contributed by atoms with E-state index < -0.39 is 0 Å². The molecule has 114 valence electrons. The molecule has 0 bridgehead atoms. The number of hydrogen-bond donors (Lipinski definition) is 0. The maximum Gasteiger partial charge on any atom is 0.229 e. The average molecular weight is 297 g/mol. The first-order chi connectivity index (χ1) is 9.77. The SMILES string of the molecule is O=C1CCCC(=O)N1CCCCCSC1CCCCC1. The van der Waals surface area contributed by atoms with Crippen LogP contribution in [-0.2, 0) is 9.59 Å². The van der Waals surface area contributed by atoms with Gasteiger partial charge in [0.15, 0.2) is 0 Å². The van der Waals surface area contributed by atoms with Crippen LogP contribution in [0, 0.1) is 0 Å². The highest BCUT2D eigenvalue weighted by Crippen LogP contribution is 2.28. The van der Waals surface area contributed by atoms with Gasteiger partial charge in [-0.25, -0.2) is 0 Å². The molecule has 3 nitrogen and oxygen atoms in total. The van der Waals surface area contributed by atoms with Crippen molar-refractivity contribution in [1.29, 1.82) is 0 Å². The van der Waals surface area contributed by atoms with E-state index in [4.69, 9.17) is 0 Å². The average Bonchev–Trinajstić information content (AvgIpc) is 2.46. The number of amides is 2. The Labute approximate surface area is 126 Å². The van der Waals surface area contributed by atoms with Crippen LogP contribution in [0.25, 0.3) is 0 Å². The predicted octanol–water partition coefficient (Wildman–Crippen LogP) is 3.76. The molecule has 0 radical (unpaired) electrons. The van der Waals surface area contributed by atoms with Crippen LogP contribution in [-0.4, -0.2) is 34.3 Å². The van der Waals surface area contributed by atoms with Crippen LogP contribution in [0.2, 0.25) is 0 Å². The lowest BCUT2D eigenvalue weighted by Crippen LogP contribution is -2.40. The first-order valence-corrected chi connectivity index (χ1v) is 9.27. The van der Waals surface area contributed by atoms with Crippen LogP contribution < -0.4 is 0 Å². The van der Waals surface area contributed by atoms with E-state index in [9.17, 15) is 9.59 Å². The van der Waals surface area contributed by atoms with Crippen LogP contribution in [0.5, 0.6) is 0 Å². The molecule has 1 heterocycles. The molecular formula is C16H27NO2S. The summed E-state index contributed by atoms with van der Waals surface area (Å²) in [5.41, 5.74) is 0. The molecule has 1 aliphatic heterocycles. The Morgan fingerprint density at radius 1 is 0.900 bits per heavy atom. The van der Waals surface area contributed by atoms with Crippen LogP contribution in [0.3, 0.4) is 0 Å². The maximum absolute atomic E-state index is 11.6. The molecule has 20 heavy (non-hydrogen) atoms. The minimum atomic E-state index is 0.0397. The van der Waals surface area contributed by atoms with Crippen LogP contribution in [0.1, 0.15) is 70.6 Å². The van der Waals surface area contributed by atoms with Crippen molar-refractivity contribution >= 4 is 23.6 Å². The van der Waals surface area contributed by atoms with Gasteiger partial charge in [-0.1, -0.05) is 25.7 Å². The Balaban J connectivity index is 1.50. The Bertz CT molecular complexity index is 310. The summed E-state index contributed by atoms with van der Waals surface area (Å²) >= 11 is 2.14. The third-order valence-electron chi connectivity index (χ3n) is 4.32. The van der Waals surface area contributed by atoms with E-state index >= 15 is 0 Å². The lowest BCUT2D eigenvalue weighted by Gasteiger charge is -2.24. The normalized spacial score (nSPS) is 21.5. The Morgan fingerprint density at radius 2 is 1.60 bits per heavy atom. The van der Waals surface area contributed by atoms with Crippen molar-refractivity contribution in [1.82, 2.24) is 4.90 Å². The van der Waals surface area contributed by atoms with Gasteiger partial charge in [0, 0.05) is 24.6 Å². The molecule has 2 fully saturated rings. The van der Waals surface area contributed by atoms with Gasteiger partial charge in [0.1, 0.15) is 0 Å². The van der Waals surface area contributed by atoms with E-state index in [1.54, 1.807) is 0 Å². The molecule has 0 spiro atoms. The molecule has 1 saturated carbocycles. The molecule has 2 aliphatic rings. The third-order valence-corrected chi connectivity index (χ3v) is 5.78. The molecule has 0 aromatic rings. The van der Waals surface area contributed by atoms with E-state index in [2.05, 4.69) is 11.8 Å². The lowest BCUT2D eigenvalue weighted by molar-refractivity contribution is -0.147. The molecular weight excluding hydrogens is 270 g/mol. The predicted molar refractivity (Wildman–Crippen MR) is 83.8 cm³/mol. The van der Waals surface area contributed by atoms with E-state index in [1.165, 1.54) is 49.2 Å². The van der Waals surface area contributed by atoms with Crippen molar-refractivity contribution in [3.8, 4) is 0 Å². The molecule has 4 heteroatoms. The van der Waals surface area contributed by atoms with Crippen molar-refractivity contribution in [3.05, 3.63) is 0 Å². The standard InChI is InChI=1S/C16H27NO2S/c18-15-10-7-11-16(19)17(15)12-5-2-6-13-20-14-8-3-1-4-9-14/h14H,1-13H2. The summed E-state index contributed by atoms with van der Waals surface area (Å²) in [4.78, 5) is 24.7. The van der Waals surface area contributed by atoms with E-state index in [1.807, 2.05) is 0 Å². The highest BCUT2D eigenvalue weighted by atomic mass is 32.2. The fourth-order valence-corrected chi connectivity index (χ4v) is 4.45. The summed E-state index contributed by atoms with van der Waals surface area (Å²) < 4.78 is 0. The zero-order chi connectivity index (χ0) is 14.2. The molecule has 0 N–H and O–H groups in total. The summed E-state index contributed by atoms with van der Waals surface area (Å²) in [5.74, 6) is 1.32. The Hall–Kier alpha value is -0.510. The molecule has 2 rings (SSSR count). The lowest BCUT2D eigenvalue weighted by atomic mass is 10.0. The van der Waals surface area contributed by atoms with Gasteiger partial charge in [-0.2, -0.15) is 11.8 Å². The number of imide groups is 1. The molecule has 0 atom stereocenters. The highest BCUT2D eigenvalue weighted by molar-refractivity contribution is 7.99. The number of likely N-dealkylation sites (tertiary alicyclic amines) is 1. The van der Waals surface area contributed by atoms with Crippen molar-refractivity contribution in [2.45, 2.75) is 75.9 Å².